The monoisotopic (exact) mass is 528 g/mol. The molecule has 0 unspecified atom stereocenters. The number of nitrogens with one attached hydrogen (secondary N) is 2. The van der Waals surface area contributed by atoms with Gasteiger partial charge >= 0.3 is 12.0 Å². The Morgan fingerprint density at radius 3 is 2.53 bits per heavy atom. The van der Waals surface area contributed by atoms with Crippen molar-refractivity contribution in [2.45, 2.75) is 19.8 Å². The van der Waals surface area contributed by atoms with Crippen LogP contribution in [0.2, 0.25) is 0 Å². The van der Waals surface area contributed by atoms with Gasteiger partial charge in [-0.25, -0.2) is 24.1 Å². The van der Waals surface area contributed by atoms with Gasteiger partial charge in [-0.1, -0.05) is 17.4 Å². The minimum absolute atomic E-state index is 0. The predicted molar refractivity (Wildman–Crippen MR) is 145 cm³/mol. The summed E-state index contributed by atoms with van der Waals surface area (Å²) in [7, 11) is 0. The minimum Gasteiger partial charge on any atom is -0.481 e. The summed E-state index contributed by atoms with van der Waals surface area (Å²) in [6.45, 7) is 3.33. The van der Waals surface area contributed by atoms with Crippen molar-refractivity contribution in [3.8, 4) is 22.4 Å². The fourth-order valence-electron chi connectivity index (χ4n) is 4.28. The molecule has 5 rings (SSSR count). The number of rotatable bonds is 6. The summed E-state index contributed by atoms with van der Waals surface area (Å²) < 4.78 is 16.4. The maximum atomic E-state index is 15.8. The van der Waals surface area contributed by atoms with Gasteiger partial charge in [0.2, 0.25) is 5.95 Å². The smallest absolute Gasteiger partial charge is 0.321 e. The number of aromatic nitrogens is 4. The molecule has 0 aliphatic carbocycles. The molecule has 1 radical (unpaired) electrons. The van der Waals surface area contributed by atoms with Crippen LogP contribution in [0.5, 0.6) is 0 Å². The molecule has 38 heavy (non-hydrogen) atoms. The number of benzene rings is 1. The number of carbonyl (C=O) groups excluding carboxylic acids is 1. The number of hydrogen-bond acceptors (Lipinski definition) is 8. The predicted octanol–water partition coefficient (Wildman–Crippen LogP) is 4.02. The zero-order chi connectivity index (χ0) is 25.9. The van der Waals surface area contributed by atoms with E-state index in [-0.39, 0.29) is 41.0 Å². The molecular formula is C25H24FLiN7O3S. The molecule has 1 saturated heterocycles. The Balaban J connectivity index is 0.00000336. The Morgan fingerprint density at radius 1 is 1.16 bits per heavy atom. The van der Waals surface area contributed by atoms with Crippen molar-refractivity contribution in [3.63, 3.8) is 0 Å². The van der Waals surface area contributed by atoms with Crippen molar-refractivity contribution >= 4 is 63.5 Å². The summed E-state index contributed by atoms with van der Waals surface area (Å²) in [5.41, 5.74) is 2.16. The molecule has 0 saturated carbocycles. The number of halogens is 1. The summed E-state index contributed by atoms with van der Waals surface area (Å²) in [6.07, 6.45) is 5.81. The fraction of sp³-hybridized carbons (Fsp3) is 0.280. The maximum Gasteiger partial charge on any atom is 0.321 e. The van der Waals surface area contributed by atoms with Gasteiger partial charge in [-0.15, -0.1) is 0 Å². The van der Waals surface area contributed by atoms with Crippen LogP contribution in [0.1, 0.15) is 19.8 Å². The zero-order valence-electron chi connectivity index (χ0n) is 20.9. The molecule has 0 atom stereocenters. The van der Waals surface area contributed by atoms with Crippen LogP contribution in [0.15, 0.2) is 42.9 Å². The van der Waals surface area contributed by atoms with Gasteiger partial charge in [0.1, 0.15) is 5.52 Å². The Hall–Kier alpha value is -3.59. The number of anilines is 2. The number of urea groups is 1. The van der Waals surface area contributed by atoms with E-state index in [1.165, 1.54) is 11.3 Å². The van der Waals surface area contributed by atoms with Gasteiger partial charge in [-0.05, 0) is 38.0 Å². The van der Waals surface area contributed by atoms with Crippen molar-refractivity contribution in [2.75, 3.05) is 29.9 Å². The quantitative estimate of drug-likeness (QED) is 0.320. The molecule has 13 heteroatoms. The molecule has 4 heterocycles. The molecule has 1 aliphatic rings. The molecule has 3 aromatic heterocycles. The first-order valence-corrected chi connectivity index (χ1v) is 12.7. The van der Waals surface area contributed by atoms with Gasteiger partial charge < -0.3 is 15.3 Å². The Morgan fingerprint density at radius 2 is 1.89 bits per heavy atom. The van der Waals surface area contributed by atoms with Crippen LogP contribution >= 0.6 is 11.3 Å². The van der Waals surface area contributed by atoms with E-state index in [0.717, 1.165) is 0 Å². The van der Waals surface area contributed by atoms with E-state index in [0.29, 0.717) is 59.9 Å². The third-order valence-electron chi connectivity index (χ3n) is 6.18. The molecule has 0 bridgehead atoms. The van der Waals surface area contributed by atoms with E-state index in [2.05, 4.69) is 30.6 Å². The molecule has 4 aromatic rings. The second kappa shape index (κ2) is 11.9. The molecule has 1 aliphatic heterocycles. The van der Waals surface area contributed by atoms with Gasteiger partial charge in [-0.2, -0.15) is 0 Å². The topological polar surface area (TPSA) is 133 Å². The van der Waals surface area contributed by atoms with E-state index >= 15 is 4.39 Å². The van der Waals surface area contributed by atoms with Gasteiger partial charge in [-0.3, -0.25) is 15.1 Å². The van der Waals surface area contributed by atoms with Crippen LogP contribution in [0.4, 0.5) is 20.3 Å². The zero-order valence-corrected chi connectivity index (χ0v) is 21.8. The summed E-state index contributed by atoms with van der Waals surface area (Å²) in [4.78, 5) is 42.9. The summed E-state index contributed by atoms with van der Waals surface area (Å²) in [6, 6.07) is 6.75. The molecule has 191 valence electrons. The van der Waals surface area contributed by atoms with Gasteiger partial charge in [0.15, 0.2) is 10.9 Å². The minimum atomic E-state index is -0.781. The summed E-state index contributed by atoms with van der Waals surface area (Å²) >= 11 is 1.17. The van der Waals surface area contributed by atoms with Crippen molar-refractivity contribution in [3.05, 3.63) is 48.7 Å². The first kappa shape index (κ1) is 27.4. The largest absolute Gasteiger partial charge is 0.481 e. The van der Waals surface area contributed by atoms with Crippen LogP contribution in [0.25, 0.3) is 32.6 Å². The average molecular weight is 529 g/mol. The van der Waals surface area contributed by atoms with Crippen molar-refractivity contribution in [2.24, 2.45) is 5.92 Å². The van der Waals surface area contributed by atoms with E-state index in [9.17, 15) is 14.7 Å². The molecule has 0 spiro atoms. The number of thiazole rings is 1. The number of fused-ring (bicyclic) bond motifs is 1. The van der Waals surface area contributed by atoms with Crippen LogP contribution < -0.4 is 15.5 Å². The standard InChI is InChI=1S/C25H24FN7O3S.Li/c1-2-27-24(36)32-25-31-20-19(26)16(11-17(21(20)37-25)18-5-3-4-8-28-18)15-12-29-23(30-13-15)33-9-6-14(7-10-33)22(34)35;/h3-5,8,11-14H,2,6-7,9-10H2,1H3,(H,34,35)(H2,27,31,32,36);. The number of piperidine rings is 1. The Kier molecular flexibility index (Phi) is 8.56. The van der Waals surface area contributed by atoms with Crippen molar-refractivity contribution in [1.29, 1.82) is 0 Å². The third kappa shape index (κ3) is 5.62. The average Bonchev–Trinajstić information content (AvgIpc) is 3.34. The van der Waals surface area contributed by atoms with Crippen LogP contribution in [-0.2, 0) is 4.79 Å². The molecule has 3 N–H and O–H groups in total. The maximum absolute atomic E-state index is 15.8. The number of nitrogens with zero attached hydrogens (tertiary/aromatic N) is 5. The van der Waals surface area contributed by atoms with Crippen LogP contribution in [-0.4, -0.2) is 75.5 Å². The molecule has 1 fully saturated rings. The Labute approximate surface area is 233 Å². The number of carboxylic acid groups (broad SMARTS) is 1. The molecule has 10 nitrogen and oxygen atoms in total. The van der Waals surface area contributed by atoms with Crippen LogP contribution in [0, 0.1) is 11.7 Å². The fourth-order valence-corrected chi connectivity index (χ4v) is 5.26. The van der Waals surface area contributed by atoms with Gasteiger partial charge in [0.05, 0.1) is 16.3 Å². The van der Waals surface area contributed by atoms with E-state index in [1.54, 1.807) is 37.6 Å². The van der Waals surface area contributed by atoms with Crippen LogP contribution in [0.3, 0.4) is 0 Å². The van der Waals surface area contributed by atoms with E-state index in [4.69, 9.17) is 0 Å². The summed E-state index contributed by atoms with van der Waals surface area (Å²) in [5, 5.41) is 14.8. The molecular weight excluding hydrogens is 504 g/mol. The van der Waals surface area contributed by atoms with E-state index < -0.39 is 17.8 Å². The number of carboxylic acids is 1. The SMILES string of the molecule is CCNC(=O)Nc1nc2c(F)c(-c3cnc(N4CCC(C(=O)O)CC4)nc3)cc(-c3ccccn3)c2s1.[Li]. The number of amides is 2. The third-order valence-corrected chi connectivity index (χ3v) is 7.18. The van der Waals surface area contributed by atoms with Gasteiger partial charge in [0, 0.05) is 73.8 Å². The Bertz CT molecular complexity index is 1450. The van der Waals surface area contributed by atoms with Crippen molar-refractivity contribution in [1.82, 2.24) is 25.3 Å². The normalized spacial score (nSPS) is 13.7. The van der Waals surface area contributed by atoms with E-state index in [1.807, 2.05) is 17.0 Å². The summed E-state index contributed by atoms with van der Waals surface area (Å²) in [5.74, 6) is -1.21. The first-order valence-electron chi connectivity index (χ1n) is 11.8. The number of pyridine rings is 1. The number of aliphatic carboxylic acids is 1. The number of carbonyl (C=O) groups is 2. The van der Waals surface area contributed by atoms with Crippen molar-refractivity contribution < 1.29 is 19.1 Å². The van der Waals surface area contributed by atoms with Gasteiger partial charge in [0.25, 0.3) is 0 Å². The molecule has 2 amide bonds. The second-order valence-electron chi connectivity index (χ2n) is 8.55. The second-order valence-corrected chi connectivity index (χ2v) is 9.55. The molecule has 1 aromatic carbocycles. The number of hydrogen-bond donors (Lipinski definition) is 3. The first-order chi connectivity index (χ1) is 17.9.